The average molecular weight is 1010 g/mol. The van der Waals surface area contributed by atoms with Gasteiger partial charge >= 0.3 is 35.8 Å². The van der Waals surface area contributed by atoms with Crippen molar-refractivity contribution >= 4 is 35.8 Å². The van der Waals surface area contributed by atoms with Crippen LogP contribution in [0.1, 0.15) is 41.0 Å². The number of allylic oxidation sites excluding steroid dienone is 1. The van der Waals surface area contributed by atoms with Gasteiger partial charge in [-0.05, 0) is 112 Å². The minimum absolute atomic E-state index is 0.00959. The van der Waals surface area contributed by atoms with E-state index in [1.165, 1.54) is 45.9 Å². The largest absolute Gasteiger partial charge is 0.486 e. The van der Waals surface area contributed by atoms with Crippen molar-refractivity contribution in [3.05, 3.63) is 157 Å². The van der Waals surface area contributed by atoms with Crippen LogP contribution in [0.15, 0.2) is 151 Å². The molecule has 0 amide bonds. The van der Waals surface area contributed by atoms with Crippen LogP contribution in [0.4, 0.5) is 4.39 Å². The summed E-state index contributed by atoms with van der Waals surface area (Å²) in [6, 6.07) is 20.8. The zero-order chi connectivity index (χ0) is 53.6. The molecule has 0 radical (unpaired) electrons. The van der Waals surface area contributed by atoms with Crippen LogP contribution in [0.3, 0.4) is 0 Å². The van der Waals surface area contributed by atoms with Crippen LogP contribution < -0.4 is 28.4 Å². The molecule has 4 aromatic rings. The van der Waals surface area contributed by atoms with Crippen molar-refractivity contribution in [2.75, 3.05) is 52.9 Å². The molecule has 384 valence electrons. The van der Waals surface area contributed by atoms with Gasteiger partial charge < -0.3 is 47.4 Å². The summed E-state index contributed by atoms with van der Waals surface area (Å²) in [5.41, 5.74) is 3.48. The summed E-state index contributed by atoms with van der Waals surface area (Å²) in [5, 5.41) is 0. The quantitative estimate of drug-likeness (QED) is 0.0171. The van der Waals surface area contributed by atoms with Crippen molar-refractivity contribution in [2.24, 2.45) is 0 Å². The van der Waals surface area contributed by atoms with Gasteiger partial charge in [0.15, 0.2) is 34.6 Å². The Balaban J connectivity index is 1.30. The second-order valence-electron chi connectivity index (χ2n) is 16.0. The number of halogens is 1. The van der Waals surface area contributed by atoms with Crippen LogP contribution in [0.25, 0.3) is 22.3 Å². The van der Waals surface area contributed by atoms with Crippen LogP contribution in [-0.4, -0.2) is 88.7 Å². The third kappa shape index (κ3) is 18.5. The fourth-order valence-corrected chi connectivity index (χ4v) is 5.75. The van der Waals surface area contributed by atoms with E-state index in [-0.39, 0.29) is 110 Å². The third-order valence-electron chi connectivity index (χ3n) is 9.71. The molecule has 4 rings (SSSR count). The lowest BCUT2D eigenvalue weighted by Gasteiger charge is -2.15. The summed E-state index contributed by atoms with van der Waals surface area (Å²) in [6.07, 6.45) is 1.44. The van der Waals surface area contributed by atoms with Crippen molar-refractivity contribution in [3.63, 3.8) is 0 Å². The maximum Gasteiger partial charge on any atom is 0.338 e. The highest BCUT2D eigenvalue weighted by atomic mass is 19.1. The third-order valence-corrected chi connectivity index (χ3v) is 9.71. The van der Waals surface area contributed by atoms with Crippen LogP contribution >= 0.6 is 0 Å². The summed E-state index contributed by atoms with van der Waals surface area (Å²) < 4.78 is 69.8. The predicted octanol–water partition coefficient (Wildman–Crippen LogP) is 9.56. The molecular weight excluding hydrogens is 948 g/mol. The highest BCUT2D eigenvalue weighted by Gasteiger charge is 2.17. The predicted molar refractivity (Wildman–Crippen MR) is 268 cm³/mol. The van der Waals surface area contributed by atoms with Gasteiger partial charge in [-0.1, -0.05) is 69.3 Å². The Hall–Kier alpha value is -8.73. The Morgan fingerprint density at radius 3 is 1.23 bits per heavy atom. The maximum absolute atomic E-state index is 14.9. The molecule has 0 atom stereocenters. The van der Waals surface area contributed by atoms with Crippen LogP contribution in [-0.2, 0) is 47.7 Å². The first-order chi connectivity index (χ1) is 34.7. The lowest BCUT2D eigenvalue weighted by molar-refractivity contribution is -0.140. The second kappa shape index (κ2) is 28.2. The molecule has 0 N–H and O–H groups in total. The zero-order valence-electron chi connectivity index (χ0n) is 41.4. The minimum atomic E-state index is -0.787. The van der Waals surface area contributed by atoms with Crippen LogP contribution in [0.5, 0.6) is 34.5 Å². The molecule has 0 aliphatic rings. The molecule has 0 saturated carbocycles. The fraction of sp³-hybridized carbons (Fsp3) is 0.250. The summed E-state index contributed by atoms with van der Waals surface area (Å²) in [4.78, 5) is 73.2. The van der Waals surface area contributed by atoms with E-state index in [2.05, 4.69) is 32.9 Å². The molecule has 73 heavy (non-hydrogen) atoms. The first-order valence-corrected chi connectivity index (χ1v) is 22.5. The molecule has 17 heteroatoms. The fourth-order valence-electron chi connectivity index (χ4n) is 5.75. The monoisotopic (exact) mass is 1000 g/mol. The summed E-state index contributed by atoms with van der Waals surface area (Å²) in [7, 11) is 0. The average Bonchev–Trinajstić information content (AvgIpc) is 3.36. The Kier molecular flexibility index (Phi) is 22.0. The molecule has 0 unspecified atom stereocenters. The molecular formula is C56H57FO16. The minimum Gasteiger partial charge on any atom is -0.486 e. The lowest BCUT2D eigenvalue weighted by atomic mass is 10.0. The van der Waals surface area contributed by atoms with Gasteiger partial charge in [0, 0.05) is 33.4 Å². The van der Waals surface area contributed by atoms with Gasteiger partial charge in [0.05, 0.1) is 0 Å². The van der Waals surface area contributed by atoms with E-state index in [1.807, 2.05) is 0 Å². The zero-order valence-corrected chi connectivity index (χ0v) is 41.4. The highest BCUT2D eigenvalue weighted by molar-refractivity contribution is 5.91. The van der Waals surface area contributed by atoms with E-state index in [4.69, 9.17) is 47.4 Å². The molecule has 4 aromatic carbocycles. The molecule has 0 aliphatic carbocycles. The van der Waals surface area contributed by atoms with E-state index in [0.29, 0.717) is 28.4 Å². The summed E-state index contributed by atoms with van der Waals surface area (Å²) in [6.45, 7) is 24.7. The molecule has 0 bridgehead atoms. The SMILES string of the molecule is C=C(C)C(=O)OCCOc1cc(-c2ccc(OC(=O)C(=C)C)c(F)c2)ccc1OCCOC(=O)C(=C)CC=C(C)C(=O)OCCOc1cc(-c2ccc(OC(=O)C(=C)C)cc2)ccc1OCCOC(=O)C(=C)C. The van der Waals surface area contributed by atoms with Crippen molar-refractivity contribution in [1.29, 1.82) is 0 Å². The number of benzene rings is 4. The number of esters is 6. The van der Waals surface area contributed by atoms with Crippen molar-refractivity contribution in [2.45, 2.75) is 41.0 Å². The Labute approximate surface area is 422 Å². The molecule has 0 spiro atoms. The van der Waals surface area contributed by atoms with Crippen molar-refractivity contribution in [1.82, 2.24) is 0 Å². The number of hydrogen-bond acceptors (Lipinski definition) is 16. The number of ether oxygens (including phenoxy) is 10. The van der Waals surface area contributed by atoms with Gasteiger partial charge in [0.2, 0.25) is 0 Å². The smallest absolute Gasteiger partial charge is 0.338 e. The van der Waals surface area contributed by atoms with Crippen LogP contribution in [0.2, 0.25) is 0 Å². The van der Waals surface area contributed by atoms with E-state index in [1.54, 1.807) is 73.7 Å². The lowest BCUT2D eigenvalue weighted by Crippen LogP contribution is -2.15. The van der Waals surface area contributed by atoms with Gasteiger partial charge in [-0.2, -0.15) is 0 Å². The molecule has 0 saturated heterocycles. The van der Waals surface area contributed by atoms with E-state index in [0.717, 1.165) is 11.1 Å². The molecule has 0 fully saturated rings. The number of rotatable bonds is 28. The maximum atomic E-state index is 14.9. The van der Waals surface area contributed by atoms with Gasteiger partial charge in [-0.25, -0.2) is 33.2 Å². The summed E-state index contributed by atoms with van der Waals surface area (Å²) in [5.74, 6) is -3.54. The van der Waals surface area contributed by atoms with Gasteiger partial charge in [0.25, 0.3) is 0 Å². The molecule has 0 heterocycles. The topological polar surface area (TPSA) is 195 Å². The van der Waals surface area contributed by atoms with Gasteiger partial charge in [-0.3, -0.25) is 0 Å². The van der Waals surface area contributed by atoms with Crippen molar-refractivity contribution in [3.8, 4) is 56.8 Å². The number of carbonyl (C=O) groups is 6. The van der Waals surface area contributed by atoms with Crippen LogP contribution in [0, 0.1) is 5.82 Å². The number of hydrogen-bond donors (Lipinski definition) is 0. The van der Waals surface area contributed by atoms with Gasteiger partial charge in [-0.15, -0.1) is 0 Å². The Bertz CT molecular complexity index is 2780. The highest BCUT2D eigenvalue weighted by Crippen LogP contribution is 2.36. The summed E-state index contributed by atoms with van der Waals surface area (Å²) >= 11 is 0. The van der Waals surface area contributed by atoms with Crippen molar-refractivity contribution < 1.29 is 80.5 Å². The van der Waals surface area contributed by atoms with Gasteiger partial charge in [0.1, 0.15) is 58.6 Å². The first kappa shape index (κ1) is 56.9. The normalized spacial score (nSPS) is 10.7. The Morgan fingerprint density at radius 1 is 0.411 bits per heavy atom. The van der Waals surface area contributed by atoms with E-state index in [9.17, 15) is 33.2 Å². The standard InChI is InChI=1S/C56H57FO16/c1-34(2)51(58)68-27-23-64-47-21-16-42(40-13-18-44(19-14-40)72-53(60)36(5)6)32-49(47)67-26-30-71-56(63)39(10)12-11-38(9)55(62)70-29-24-65-48-22-17-43(33-50(48)66-25-28-69-52(59)35(3)4)41-15-20-46(45(57)31-41)73-54(61)37(7)8/h12-22,31-33H,1,3,5,7,9,11,23-30H2,2,4,6,8,10H3. The molecule has 16 nitrogen and oxygen atoms in total. The first-order valence-electron chi connectivity index (χ1n) is 22.5. The molecule has 0 aromatic heterocycles. The number of carbonyl (C=O) groups excluding carboxylic acids is 6. The molecule has 0 aliphatic heterocycles. The Morgan fingerprint density at radius 2 is 0.781 bits per heavy atom. The van der Waals surface area contributed by atoms with E-state index < -0.39 is 41.6 Å². The second-order valence-corrected chi connectivity index (χ2v) is 16.0. The van der Waals surface area contributed by atoms with E-state index >= 15 is 0 Å².